The Labute approximate surface area is 234 Å². The molecule has 0 atom stereocenters. The van der Waals surface area contributed by atoms with Gasteiger partial charge in [-0.15, -0.1) is 11.3 Å². The molecule has 2 aromatic carbocycles. The number of piperazine rings is 1. The molecule has 4 aromatic rings. The number of nitrogens with zero attached hydrogens (tertiary/aromatic N) is 4. The Hall–Kier alpha value is -3.96. The second-order valence-corrected chi connectivity index (χ2v) is 10.6. The van der Waals surface area contributed by atoms with Crippen molar-refractivity contribution in [3.8, 4) is 0 Å². The normalized spacial score (nSPS) is 14.8. The predicted molar refractivity (Wildman–Crippen MR) is 156 cm³/mol. The van der Waals surface area contributed by atoms with Gasteiger partial charge in [-0.05, 0) is 54.9 Å². The second kappa shape index (κ2) is 11.3. The van der Waals surface area contributed by atoms with Crippen LogP contribution in [0.5, 0.6) is 0 Å². The third kappa shape index (κ3) is 5.95. The number of nitrogen functional groups attached to an aromatic ring is 1. The molecular weight excluding hydrogens is 537 g/mol. The molecule has 0 spiro atoms. The van der Waals surface area contributed by atoms with Crippen LogP contribution in [-0.4, -0.2) is 53.5 Å². The molecule has 0 radical (unpaired) electrons. The monoisotopic (exact) mass is 566 g/mol. The number of fused-ring (bicyclic) bond motifs is 1. The summed E-state index contributed by atoms with van der Waals surface area (Å²) in [6.45, 7) is 7.67. The molecule has 0 bridgehead atoms. The zero-order valence-corrected chi connectivity index (χ0v) is 22.9. The standard InChI is InChI=1S/C29H29F3N6OS/c1-3-37-8-10-38(11-9-37)24-14-22(29(30,31)32)13-23(15-24)36-28(39)20-5-4-18(2)19(12-20)6-7-21-16-40-26-25(21)34-17-35-27(26)33/h4-7,12-17H,3,8-11H2,1-2H3,(H,36,39)(H2,33,34,35)/b7-6+. The van der Waals surface area contributed by atoms with Gasteiger partial charge in [0.25, 0.3) is 5.91 Å². The van der Waals surface area contributed by atoms with Crippen LogP contribution in [0.2, 0.25) is 0 Å². The molecule has 2 aromatic heterocycles. The first-order valence-electron chi connectivity index (χ1n) is 12.9. The van der Waals surface area contributed by atoms with E-state index in [2.05, 4.69) is 27.1 Å². The molecule has 5 rings (SSSR count). The third-order valence-corrected chi connectivity index (χ3v) is 8.09. The van der Waals surface area contributed by atoms with Crippen molar-refractivity contribution >= 4 is 56.8 Å². The van der Waals surface area contributed by atoms with Gasteiger partial charge in [-0.3, -0.25) is 4.79 Å². The van der Waals surface area contributed by atoms with Crippen LogP contribution in [0, 0.1) is 6.92 Å². The van der Waals surface area contributed by atoms with Gasteiger partial charge in [-0.2, -0.15) is 13.2 Å². The van der Waals surface area contributed by atoms with E-state index < -0.39 is 17.6 Å². The Kier molecular flexibility index (Phi) is 7.77. The highest BCUT2D eigenvalue weighted by atomic mass is 32.1. The van der Waals surface area contributed by atoms with Crippen molar-refractivity contribution in [3.05, 3.63) is 75.9 Å². The maximum atomic E-state index is 13.7. The molecule has 1 fully saturated rings. The minimum absolute atomic E-state index is 0.104. The fourth-order valence-electron chi connectivity index (χ4n) is 4.70. The minimum Gasteiger partial charge on any atom is -0.382 e. The zero-order valence-electron chi connectivity index (χ0n) is 22.1. The number of amides is 1. The Bertz CT molecular complexity index is 1570. The lowest BCUT2D eigenvalue weighted by atomic mass is 10.0. The van der Waals surface area contributed by atoms with Gasteiger partial charge in [0.2, 0.25) is 0 Å². The summed E-state index contributed by atoms with van der Waals surface area (Å²) in [4.78, 5) is 25.7. The topological polar surface area (TPSA) is 87.4 Å². The van der Waals surface area contributed by atoms with Gasteiger partial charge in [-0.1, -0.05) is 25.1 Å². The van der Waals surface area contributed by atoms with E-state index in [1.165, 1.54) is 17.7 Å². The Morgan fingerprint density at radius 2 is 1.82 bits per heavy atom. The summed E-state index contributed by atoms with van der Waals surface area (Å²) in [5.74, 6) is -0.0670. The lowest BCUT2D eigenvalue weighted by molar-refractivity contribution is -0.137. The van der Waals surface area contributed by atoms with E-state index in [0.29, 0.717) is 30.2 Å². The average molecular weight is 567 g/mol. The van der Waals surface area contributed by atoms with E-state index in [1.807, 2.05) is 35.4 Å². The van der Waals surface area contributed by atoms with E-state index in [4.69, 9.17) is 5.73 Å². The van der Waals surface area contributed by atoms with Crippen molar-refractivity contribution < 1.29 is 18.0 Å². The molecule has 40 heavy (non-hydrogen) atoms. The number of aryl methyl sites for hydroxylation is 1. The number of aromatic nitrogens is 2. The molecule has 0 saturated carbocycles. The SMILES string of the molecule is CCN1CCN(c2cc(NC(=O)c3ccc(C)c(/C=C/c4csc5c(N)ncnc45)c3)cc(C(F)(F)F)c2)CC1. The Morgan fingerprint density at radius 3 is 2.55 bits per heavy atom. The molecule has 0 aliphatic carbocycles. The van der Waals surface area contributed by atoms with Crippen LogP contribution in [0.3, 0.4) is 0 Å². The number of rotatable bonds is 6. The number of halogens is 3. The van der Waals surface area contributed by atoms with Crippen LogP contribution < -0.4 is 16.0 Å². The lowest BCUT2D eigenvalue weighted by Gasteiger charge is -2.36. The first kappa shape index (κ1) is 27.6. The quantitative estimate of drug-likeness (QED) is 0.291. The van der Waals surface area contributed by atoms with Crippen LogP contribution >= 0.6 is 11.3 Å². The maximum absolute atomic E-state index is 13.7. The summed E-state index contributed by atoms with van der Waals surface area (Å²) < 4.78 is 42.1. The number of nitrogens with one attached hydrogen (secondary N) is 1. The number of alkyl halides is 3. The van der Waals surface area contributed by atoms with E-state index in [0.717, 1.165) is 58.7 Å². The van der Waals surface area contributed by atoms with Crippen LogP contribution in [0.15, 0.2) is 48.1 Å². The van der Waals surface area contributed by atoms with E-state index in [9.17, 15) is 18.0 Å². The summed E-state index contributed by atoms with van der Waals surface area (Å²) in [6, 6.07) is 8.93. The van der Waals surface area contributed by atoms with Crippen LogP contribution in [-0.2, 0) is 6.18 Å². The van der Waals surface area contributed by atoms with E-state index in [1.54, 1.807) is 18.2 Å². The summed E-state index contributed by atoms with van der Waals surface area (Å²) in [7, 11) is 0. The Morgan fingerprint density at radius 1 is 1.07 bits per heavy atom. The second-order valence-electron chi connectivity index (χ2n) is 9.67. The number of likely N-dealkylation sites (N-methyl/N-ethyl adjacent to an activating group) is 1. The summed E-state index contributed by atoms with van der Waals surface area (Å²) in [5.41, 5.74) is 9.39. The van der Waals surface area contributed by atoms with Crippen molar-refractivity contribution in [3.63, 3.8) is 0 Å². The van der Waals surface area contributed by atoms with Gasteiger partial charge in [-0.25, -0.2) is 9.97 Å². The number of carbonyl (C=O) groups is 1. The molecule has 11 heteroatoms. The Balaban J connectivity index is 1.39. The lowest BCUT2D eigenvalue weighted by Crippen LogP contribution is -2.46. The van der Waals surface area contributed by atoms with Crippen molar-refractivity contribution in [2.75, 3.05) is 48.7 Å². The molecule has 1 saturated heterocycles. The van der Waals surface area contributed by atoms with Gasteiger partial charge in [0, 0.05) is 54.1 Å². The third-order valence-electron chi connectivity index (χ3n) is 7.08. The number of carbonyl (C=O) groups excluding carboxylic acids is 1. The highest BCUT2D eigenvalue weighted by molar-refractivity contribution is 7.18. The number of nitrogens with two attached hydrogens (primary N) is 1. The molecular formula is C29H29F3N6OS. The smallest absolute Gasteiger partial charge is 0.382 e. The summed E-state index contributed by atoms with van der Waals surface area (Å²) in [6.07, 6.45) is 0.656. The summed E-state index contributed by atoms with van der Waals surface area (Å²) >= 11 is 1.45. The van der Waals surface area contributed by atoms with Crippen LogP contribution in [0.4, 0.5) is 30.4 Å². The van der Waals surface area contributed by atoms with Crippen molar-refractivity contribution in [2.24, 2.45) is 0 Å². The van der Waals surface area contributed by atoms with Gasteiger partial charge in [0.1, 0.15) is 12.1 Å². The maximum Gasteiger partial charge on any atom is 0.416 e. The summed E-state index contributed by atoms with van der Waals surface area (Å²) in [5, 5.41) is 4.62. The van der Waals surface area contributed by atoms with Gasteiger partial charge >= 0.3 is 6.18 Å². The molecule has 7 nitrogen and oxygen atoms in total. The van der Waals surface area contributed by atoms with Gasteiger partial charge in [0.15, 0.2) is 0 Å². The predicted octanol–water partition coefficient (Wildman–Crippen LogP) is 6.17. The molecule has 1 amide bonds. The van der Waals surface area contributed by atoms with Crippen molar-refractivity contribution in [1.82, 2.24) is 14.9 Å². The fraction of sp³-hybridized carbons (Fsp3) is 0.276. The first-order chi connectivity index (χ1) is 19.1. The molecule has 3 N–H and O–H groups in total. The molecule has 1 aliphatic heterocycles. The number of anilines is 3. The van der Waals surface area contributed by atoms with E-state index in [-0.39, 0.29) is 5.69 Å². The molecule has 208 valence electrons. The minimum atomic E-state index is -4.54. The first-order valence-corrected chi connectivity index (χ1v) is 13.8. The fourth-order valence-corrected chi connectivity index (χ4v) is 5.59. The zero-order chi connectivity index (χ0) is 28.4. The number of thiophene rings is 1. The number of hydrogen-bond acceptors (Lipinski definition) is 7. The molecule has 0 unspecified atom stereocenters. The molecule has 3 heterocycles. The van der Waals surface area contributed by atoms with Gasteiger partial charge in [0.05, 0.1) is 15.8 Å². The van der Waals surface area contributed by atoms with Crippen LogP contribution in [0.1, 0.15) is 39.5 Å². The largest absolute Gasteiger partial charge is 0.416 e. The van der Waals surface area contributed by atoms with Crippen molar-refractivity contribution in [2.45, 2.75) is 20.0 Å². The highest BCUT2D eigenvalue weighted by Gasteiger charge is 2.32. The average Bonchev–Trinajstić information content (AvgIpc) is 3.36. The highest BCUT2D eigenvalue weighted by Crippen LogP contribution is 2.35. The van der Waals surface area contributed by atoms with Gasteiger partial charge < -0.3 is 20.9 Å². The van der Waals surface area contributed by atoms with E-state index >= 15 is 0 Å². The molecule has 1 aliphatic rings. The van der Waals surface area contributed by atoms with Crippen LogP contribution in [0.25, 0.3) is 22.4 Å². The number of benzene rings is 2. The van der Waals surface area contributed by atoms with Crippen molar-refractivity contribution in [1.29, 1.82) is 0 Å². The number of hydrogen-bond donors (Lipinski definition) is 2.